The number of rotatable bonds is 30. The number of benzene rings is 2. The number of hydrogen-bond acceptors (Lipinski definition) is 43. The maximum absolute atomic E-state index is 14.5. The Morgan fingerprint density at radius 2 is 1.20 bits per heavy atom. The van der Waals surface area contributed by atoms with E-state index in [-0.39, 0.29) is 76.6 Å². The molecule has 126 heavy (non-hydrogen) atoms. The predicted molar refractivity (Wildman–Crippen MR) is 414 cm³/mol. The summed E-state index contributed by atoms with van der Waals surface area (Å²) in [6, 6.07) is 2.27. The molecule has 11 heterocycles. The normalized spacial score (nSPS) is 41.5. The van der Waals surface area contributed by atoms with Crippen molar-refractivity contribution < 1.29 is 201 Å². The van der Waals surface area contributed by atoms with Crippen molar-refractivity contribution in [3.63, 3.8) is 0 Å². The molecule has 0 aliphatic carbocycles. The number of hydrogen-bond donors (Lipinski definition) is 4. The van der Waals surface area contributed by atoms with E-state index in [2.05, 4.69) is 0 Å². The molecule has 0 bridgehead atoms. The monoisotopic (exact) mass is 1840 g/mol. The molecule has 4 N–H and O–H groups in total. The van der Waals surface area contributed by atoms with Crippen LogP contribution >= 0.6 is 23.2 Å². The highest BCUT2D eigenvalue weighted by molar-refractivity contribution is 6.39. The minimum atomic E-state index is -2.11. The van der Waals surface area contributed by atoms with Crippen LogP contribution in [0.25, 0.3) is 0 Å². The van der Waals surface area contributed by atoms with Crippen LogP contribution in [0.4, 0.5) is 0 Å². The molecule has 11 aliphatic heterocycles. The van der Waals surface area contributed by atoms with Crippen LogP contribution in [-0.2, 0) is 161 Å². The highest BCUT2D eigenvalue weighted by atomic mass is 35.5. The first-order valence-corrected chi connectivity index (χ1v) is 41.6. The number of halogens is 2. The first-order chi connectivity index (χ1) is 59.9. The minimum absolute atomic E-state index is 0.0617. The lowest BCUT2D eigenvalue weighted by Crippen LogP contribution is -2.69. The van der Waals surface area contributed by atoms with Gasteiger partial charge in [0, 0.05) is 65.8 Å². The lowest BCUT2D eigenvalue weighted by Gasteiger charge is -2.52. The average Bonchev–Trinajstić information content (AvgIpc) is 1.55. The molecule has 44 nitrogen and oxygen atoms in total. The van der Waals surface area contributed by atoms with E-state index in [1.807, 2.05) is 0 Å². The number of nitrogens with zero attached hydrogens (tertiary/aromatic N) is 1. The van der Waals surface area contributed by atoms with Gasteiger partial charge in [-0.05, 0) is 72.6 Å². The Hall–Kier alpha value is -6.11. The van der Waals surface area contributed by atoms with E-state index >= 15 is 0 Å². The van der Waals surface area contributed by atoms with Gasteiger partial charge in [0.05, 0.1) is 109 Å². The van der Waals surface area contributed by atoms with Crippen molar-refractivity contribution in [2.24, 2.45) is 5.92 Å². The van der Waals surface area contributed by atoms with Gasteiger partial charge < -0.3 is 172 Å². The van der Waals surface area contributed by atoms with Gasteiger partial charge in [-0.1, -0.05) is 23.2 Å². The van der Waals surface area contributed by atoms with E-state index in [0.29, 0.717) is 0 Å². The van der Waals surface area contributed by atoms with Crippen molar-refractivity contribution in [3.8, 4) is 23.0 Å². The van der Waals surface area contributed by atoms with Crippen molar-refractivity contribution in [1.29, 1.82) is 0 Å². The van der Waals surface area contributed by atoms with E-state index in [1.54, 1.807) is 41.5 Å². The molecular weight excluding hydrogens is 1730 g/mol. The maximum atomic E-state index is 14.5. The number of ether oxygens (including phenoxy) is 32. The van der Waals surface area contributed by atoms with E-state index in [4.69, 9.17) is 175 Å². The predicted octanol–water partition coefficient (Wildman–Crippen LogP) is 2.78. The standard InChI is InChI=1S/C80H111Cl2NO43/c1-31-19-38(84)20-39(85)50(31)71(91)116-44-26-110-80(69-60(44)108-30-109-69)123-45-25-107-73(66(59(45)124-80)105-28-47(88)97-12)121-75-64(101-16)62(104-27-46(87)96-11)58(43(117-75)24-95-10)119-74-65(102-17)63(57(99-14)35(5)113-74)120-76-70(106-29-48(89)98-13)78(9)68(37(7)114-76)125-79(126-78)22-40(86)52(33(3)122-79)41-21-42(115-49-23-77(8,83(93)94)67(103-18)36(6)112-49)56(34(4)111-41)118-72(92)51-32(2)53(81)55(90)54(82)61(51)100-15/h19-20,33-37,40-45,49,52,56-60,62-70,73-76,84-86,90H,21-30H2,1-18H3/t33-,34-,35-,36+,37-,40-,41-,42-,43-,44-,45+,49+,52-,56-,57+,58-,59-,60+,62+,63+,64+,65-,66-,67+,68-,69-,70-,73+,74+,75+,76+,77-,78+,79-,80-/m1/s1. The van der Waals surface area contributed by atoms with Crippen molar-refractivity contribution in [2.75, 3.05) is 110 Å². The second-order valence-electron chi connectivity index (χ2n) is 32.8. The largest absolute Gasteiger partial charge is 0.508 e. The van der Waals surface area contributed by atoms with Crippen molar-refractivity contribution in [1.82, 2.24) is 0 Å². The highest BCUT2D eigenvalue weighted by Gasteiger charge is 2.72. The second-order valence-corrected chi connectivity index (χ2v) is 33.5. The third kappa shape index (κ3) is 19.0. The van der Waals surface area contributed by atoms with E-state index in [0.717, 1.165) is 27.4 Å². The summed E-state index contributed by atoms with van der Waals surface area (Å²) in [5.41, 5.74) is -3.63. The molecule has 0 radical (unpaired) electrons. The topological polar surface area (TPSA) is 505 Å². The Kier molecular flexibility index (Phi) is 31.0. The SMILES string of the molecule is COC[C@H]1O[C@@H](O[C@@H]2OC[C@@H]3O[C@@]4(OC[C@@H](OC(=O)c5c(C)cc(O)cc5O)[C@@H]5OCO[C@H]54)O[C@H]3[C@H]2OCC(=O)OC)[C@@H](OC)[C@@H](OCC(=O)OC)[C@@H]1O[C@@H]1O[C@H](C)[C@H](OC)[C@H](O[C@@H]2O[C@H](C)[C@H]3O[C@]4(C[C@@H](O)[C@H]([C@H]5C[C@@H](O[C@H]6C[C@@](C)([N+](=O)[O-])[C@@H](OC)[C@H](C)O6)[C@H](OC(=O)c6c(C)c(Cl)c(O)c(Cl)c6OC)[C@@H](C)O5)[C@@H](C)O4)O[C@]3(C)[C@@H]2OCC(=O)OC)[C@H]1OC. The number of aromatic hydroxyl groups is 3. The van der Waals surface area contributed by atoms with Gasteiger partial charge in [0.2, 0.25) is 0 Å². The van der Waals surface area contributed by atoms with Crippen molar-refractivity contribution in [2.45, 2.75) is 289 Å². The van der Waals surface area contributed by atoms with Gasteiger partial charge in [-0.2, -0.15) is 0 Å². The number of carbonyl (C=O) groups is 5. The number of carbonyl (C=O) groups excluding carboxylic acids is 5. The summed E-state index contributed by atoms with van der Waals surface area (Å²) < 4.78 is 201. The average molecular weight is 1850 g/mol. The molecule has 0 unspecified atom stereocenters. The number of aryl methyl sites for hydroxylation is 1. The zero-order chi connectivity index (χ0) is 91.2. The van der Waals surface area contributed by atoms with E-state index < -0.39 is 292 Å². The van der Waals surface area contributed by atoms with Crippen LogP contribution in [0.1, 0.15) is 99.6 Å². The third-order valence-corrected chi connectivity index (χ3v) is 25.7. The number of phenolic OH excluding ortho intramolecular Hbond substituents is 3. The molecule has 2 aromatic carbocycles. The Morgan fingerprint density at radius 3 is 1.83 bits per heavy atom. The quantitative estimate of drug-likeness (QED) is 0.0378. The van der Waals surface area contributed by atoms with Crippen LogP contribution in [0.3, 0.4) is 0 Å². The van der Waals surface area contributed by atoms with Gasteiger partial charge in [-0.15, -0.1) is 0 Å². The molecule has 0 saturated carbocycles. The number of methoxy groups -OCH3 is 9. The van der Waals surface area contributed by atoms with Gasteiger partial charge >= 0.3 is 35.8 Å². The summed E-state index contributed by atoms with van der Waals surface area (Å²) in [6.07, 6.45) is -38.3. The fourth-order valence-electron chi connectivity index (χ4n) is 18.9. The number of fused-ring (bicyclic) bond motifs is 4. The molecule has 35 atom stereocenters. The number of esters is 5. The van der Waals surface area contributed by atoms with Crippen LogP contribution in [-0.4, -0.2) is 373 Å². The maximum Gasteiger partial charge on any atom is 0.342 e. The van der Waals surface area contributed by atoms with Crippen LogP contribution in [0, 0.1) is 29.9 Å². The molecule has 2 aromatic rings. The van der Waals surface area contributed by atoms with E-state index in [1.165, 1.54) is 69.5 Å². The summed E-state index contributed by atoms with van der Waals surface area (Å²) in [5, 5.41) is 56.4. The number of nitro groups is 1. The second kappa shape index (κ2) is 40.1. The van der Waals surface area contributed by atoms with E-state index in [9.17, 15) is 54.5 Å². The van der Waals surface area contributed by atoms with Crippen LogP contribution in [0.2, 0.25) is 10.0 Å². The van der Waals surface area contributed by atoms with Gasteiger partial charge in [0.15, 0.2) is 67.4 Å². The van der Waals surface area contributed by atoms with Crippen molar-refractivity contribution in [3.05, 3.63) is 54.5 Å². The summed E-state index contributed by atoms with van der Waals surface area (Å²) in [5.74, 6) is -11.2. The lowest BCUT2D eigenvalue weighted by atomic mass is 9.81. The molecule has 708 valence electrons. The molecule has 2 spiro atoms. The third-order valence-electron chi connectivity index (χ3n) is 24.8. The van der Waals surface area contributed by atoms with Gasteiger partial charge in [-0.25, -0.2) is 24.0 Å². The Bertz CT molecular complexity index is 4140. The van der Waals surface area contributed by atoms with Crippen LogP contribution in [0.5, 0.6) is 23.0 Å². The number of aliphatic hydroxyl groups excluding tert-OH is 1. The van der Waals surface area contributed by atoms with Crippen LogP contribution in [0.15, 0.2) is 12.1 Å². The lowest BCUT2D eigenvalue weighted by molar-refractivity contribution is -0.595. The zero-order valence-corrected chi connectivity index (χ0v) is 74.0. The smallest absolute Gasteiger partial charge is 0.342 e. The highest BCUT2D eigenvalue weighted by Crippen LogP contribution is 2.55. The Balaban J connectivity index is 0.733. The summed E-state index contributed by atoms with van der Waals surface area (Å²) >= 11 is 12.9. The fourth-order valence-corrected chi connectivity index (χ4v) is 19.4. The Morgan fingerprint density at radius 1 is 0.563 bits per heavy atom. The first-order valence-electron chi connectivity index (χ1n) is 40.9. The van der Waals surface area contributed by atoms with Crippen LogP contribution < -0.4 is 4.74 Å². The zero-order valence-electron chi connectivity index (χ0n) is 72.5. The number of aliphatic hydroxyl groups is 1. The summed E-state index contributed by atoms with van der Waals surface area (Å²) in [6.45, 7) is 10.7. The van der Waals surface area contributed by atoms with Gasteiger partial charge in [-0.3, -0.25) is 10.1 Å². The van der Waals surface area contributed by atoms with Crippen molar-refractivity contribution >= 4 is 53.0 Å². The first kappa shape index (κ1) is 97.4. The Labute approximate surface area is 733 Å². The van der Waals surface area contributed by atoms with Gasteiger partial charge in [0.25, 0.3) is 11.5 Å². The molecule has 0 amide bonds. The minimum Gasteiger partial charge on any atom is -0.508 e. The molecule has 11 fully saturated rings. The molecule has 11 aliphatic rings. The summed E-state index contributed by atoms with van der Waals surface area (Å²) in [7, 11) is 11.4. The molecule has 0 aromatic heterocycles. The molecule has 11 saturated heterocycles. The van der Waals surface area contributed by atoms with Gasteiger partial charge in [0.1, 0.15) is 145 Å². The fraction of sp³-hybridized carbons (Fsp3) is 0.787. The number of phenols is 3. The summed E-state index contributed by atoms with van der Waals surface area (Å²) in [4.78, 5) is 80.0. The molecule has 46 heteroatoms. The molecule has 13 rings (SSSR count). The molecular formula is C80H111Cl2NO43.